The predicted octanol–water partition coefficient (Wildman–Crippen LogP) is 4.82. The molecule has 46 heavy (non-hydrogen) atoms. The first-order valence-electron chi connectivity index (χ1n) is 16.1. The third-order valence-corrected chi connectivity index (χ3v) is 10.9. The lowest BCUT2D eigenvalue weighted by atomic mass is 10.0. The Bertz CT molecular complexity index is 1800. The average molecular weight is 651 g/mol. The molecule has 4 heterocycles. The van der Waals surface area contributed by atoms with E-state index in [1.165, 1.54) is 22.7 Å². The molecule has 2 amide bonds. The summed E-state index contributed by atoms with van der Waals surface area (Å²) in [5, 5.41) is 38.2. The molecule has 2 unspecified atom stereocenters. The molecule has 0 aliphatic carbocycles. The Labute approximate surface area is 278 Å². The summed E-state index contributed by atoms with van der Waals surface area (Å²) in [6, 6.07) is 14.6. The summed E-state index contributed by atoms with van der Waals surface area (Å²) in [5.74, 6) is -0.468. The monoisotopic (exact) mass is 650 g/mol. The van der Waals surface area contributed by atoms with E-state index in [1.54, 1.807) is 34.1 Å². The molecule has 0 N–H and O–H groups in total. The first kappa shape index (κ1) is 34.4. The van der Waals surface area contributed by atoms with Crippen LogP contribution in [0.15, 0.2) is 35.4 Å². The molecule has 0 saturated carbocycles. The summed E-state index contributed by atoms with van der Waals surface area (Å²) >= 11 is 2.49. The highest BCUT2D eigenvalue weighted by atomic mass is 32.1. The van der Waals surface area contributed by atoms with Crippen molar-refractivity contribution in [1.29, 1.82) is 21.0 Å². The van der Waals surface area contributed by atoms with Crippen molar-refractivity contribution in [3.05, 3.63) is 53.5 Å². The molecule has 2 aromatic heterocycles. The van der Waals surface area contributed by atoms with Crippen molar-refractivity contribution >= 4 is 57.0 Å². The second-order valence-corrected chi connectivity index (χ2v) is 13.6. The first-order chi connectivity index (χ1) is 22.3. The van der Waals surface area contributed by atoms with Crippen molar-refractivity contribution in [2.75, 3.05) is 0 Å². The minimum Gasteiger partial charge on any atom is -0.303 e. The van der Waals surface area contributed by atoms with Crippen LogP contribution in [0, 0.1) is 45.3 Å². The Morgan fingerprint density at radius 3 is 1.30 bits per heavy atom. The van der Waals surface area contributed by atoms with E-state index in [2.05, 4.69) is 13.8 Å². The van der Waals surface area contributed by atoms with Gasteiger partial charge in [-0.2, -0.15) is 21.0 Å². The molecule has 8 nitrogen and oxygen atoms in total. The standard InChI is InChI=1S/C36H38N6O2S2/c1-5-9-11-13-25(7-3)41-33(29-17-15-27(45-29)23(19-37)20-38)31-32(35(41)43)34(30-18-16-28(46-30)24(21-39)22-40)42(36(31)44)26(8-4)14-12-10-6-2/h15-18,25-26H,5-14H2,1-4H3. The Balaban J connectivity index is 2.10. The number of carbonyl (C=O) groups is 2. The molecule has 0 fully saturated rings. The number of hydrogen-bond acceptors (Lipinski definition) is 8. The number of rotatable bonds is 12. The van der Waals surface area contributed by atoms with E-state index in [4.69, 9.17) is 0 Å². The third kappa shape index (κ3) is 6.43. The first-order valence-corrected chi connectivity index (χ1v) is 17.7. The van der Waals surface area contributed by atoms with Gasteiger partial charge in [0, 0.05) is 12.1 Å². The van der Waals surface area contributed by atoms with Gasteiger partial charge in [0.25, 0.3) is 11.8 Å². The van der Waals surface area contributed by atoms with Gasteiger partial charge in [0.15, 0.2) is 0 Å². The Morgan fingerprint density at radius 2 is 1.00 bits per heavy atom. The fourth-order valence-electron chi connectivity index (χ4n) is 6.28. The maximum atomic E-state index is 14.8. The summed E-state index contributed by atoms with van der Waals surface area (Å²) < 4.78 is 2.31. The van der Waals surface area contributed by atoms with Crippen molar-refractivity contribution in [2.45, 2.75) is 104 Å². The highest BCUT2D eigenvalue weighted by Gasteiger charge is 2.51. The average Bonchev–Trinajstić information content (AvgIpc) is 3.85. The minimum absolute atomic E-state index is 0.0151. The fraction of sp³-hybridized carbons (Fsp3) is 0.444. The smallest absolute Gasteiger partial charge is 0.261 e. The van der Waals surface area contributed by atoms with Crippen LogP contribution in [-0.4, -0.2) is 33.7 Å². The third-order valence-electron chi connectivity index (χ3n) is 8.64. The number of nitriles is 4. The van der Waals surface area contributed by atoms with Crippen LogP contribution in [0.5, 0.6) is 0 Å². The fourth-order valence-corrected chi connectivity index (χ4v) is 8.28. The van der Waals surface area contributed by atoms with E-state index >= 15 is 0 Å². The number of nitrogens with zero attached hydrogens (tertiary/aromatic N) is 6. The maximum Gasteiger partial charge on any atom is 0.261 e. The van der Waals surface area contributed by atoms with Crippen LogP contribution in [0.25, 0.3) is 22.5 Å². The van der Waals surface area contributed by atoms with E-state index in [-0.39, 0.29) is 35.0 Å². The van der Waals surface area contributed by atoms with Crippen molar-refractivity contribution in [1.82, 2.24) is 9.80 Å². The lowest BCUT2D eigenvalue weighted by molar-refractivity contribution is -0.125. The zero-order chi connectivity index (χ0) is 33.4. The number of amides is 2. The number of thiophene rings is 2. The zero-order valence-corrected chi connectivity index (χ0v) is 28.5. The zero-order valence-electron chi connectivity index (χ0n) is 26.9. The van der Waals surface area contributed by atoms with E-state index in [1.807, 2.05) is 38.1 Å². The van der Waals surface area contributed by atoms with Crippen LogP contribution in [-0.2, 0) is 9.59 Å². The van der Waals surface area contributed by atoms with Gasteiger partial charge in [0.1, 0.15) is 35.4 Å². The largest absolute Gasteiger partial charge is 0.303 e. The molecule has 0 saturated heterocycles. The van der Waals surface area contributed by atoms with Gasteiger partial charge >= 0.3 is 0 Å². The Hall–Kier alpha value is -4.48. The molecular weight excluding hydrogens is 613 g/mol. The van der Waals surface area contributed by atoms with Crippen LogP contribution in [0.4, 0.5) is 0 Å². The van der Waals surface area contributed by atoms with E-state index in [9.17, 15) is 30.6 Å². The molecule has 2 aliphatic rings. The maximum absolute atomic E-state index is 14.8. The van der Waals surface area contributed by atoms with Crippen LogP contribution in [0.2, 0.25) is 0 Å². The van der Waals surface area contributed by atoms with Gasteiger partial charge in [-0.05, 0) is 49.9 Å². The molecule has 2 aliphatic heterocycles. The van der Waals surface area contributed by atoms with Crippen LogP contribution < -0.4 is 18.1 Å². The molecule has 0 spiro atoms. The predicted molar refractivity (Wildman–Crippen MR) is 180 cm³/mol. The molecule has 0 radical (unpaired) electrons. The molecule has 0 bridgehead atoms. The summed E-state index contributed by atoms with van der Waals surface area (Å²) in [6.07, 6.45) is 8.96. The van der Waals surface area contributed by atoms with Gasteiger partial charge < -0.3 is 9.80 Å². The second kappa shape index (κ2) is 15.7. The lowest BCUT2D eigenvalue weighted by Gasteiger charge is -2.34. The molecule has 2 aromatic rings. The van der Waals surface area contributed by atoms with Gasteiger partial charge in [-0.1, -0.05) is 66.2 Å². The van der Waals surface area contributed by atoms with Gasteiger partial charge in [-0.25, -0.2) is 0 Å². The van der Waals surface area contributed by atoms with Crippen molar-refractivity contribution in [3.63, 3.8) is 0 Å². The number of unbranched alkanes of at least 4 members (excludes halogenated alkanes) is 4. The van der Waals surface area contributed by atoms with E-state index in [0.717, 1.165) is 51.4 Å². The number of hydrogen-bond donors (Lipinski definition) is 0. The number of carbonyl (C=O) groups excluding carboxylic acids is 2. The molecule has 0 aromatic carbocycles. The lowest BCUT2D eigenvalue weighted by Crippen LogP contribution is -2.44. The molecule has 2 atom stereocenters. The van der Waals surface area contributed by atoms with Crippen molar-refractivity contribution < 1.29 is 9.59 Å². The minimum atomic E-state index is -0.234. The highest BCUT2D eigenvalue weighted by Crippen LogP contribution is 2.46. The normalized spacial score (nSPS) is 17.7. The molecule has 4 rings (SSSR count). The summed E-state index contributed by atoms with van der Waals surface area (Å²) in [4.78, 5) is 33.2. The van der Waals surface area contributed by atoms with Gasteiger partial charge in [0.05, 0.1) is 40.7 Å². The van der Waals surface area contributed by atoms with Crippen molar-refractivity contribution in [3.8, 4) is 24.3 Å². The van der Waals surface area contributed by atoms with Gasteiger partial charge in [0.2, 0.25) is 0 Å². The van der Waals surface area contributed by atoms with Crippen LogP contribution >= 0.6 is 22.7 Å². The Morgan fingerprint density at radius 1 is 0.630 bits per heavy atom. The SMILES string of the molecule is CCCCCC(CC)N1C(=O)C2=C(C(=O)N(C(CC)CCCCC)C2=c2ccc(=C(C#N)C#N)s2)C1=c1ccc(=C(C#N)C#N)s1. The molecular formula is C36H38N6O2S2. The van der Waals surface area contributed by atoms with Crippen LogP contribution in [0.3, 0.4) is 0 Å². The van der Waals surface area contributed by atoms with E-state index in [0.29, 0.717) is 53.5 Å². The summed E-state index contributed by atoms with van der Waals surface area (Å²) in [6.45, 7) is 8.37. The quantitative estimate of drug-likeness (QED) is 0.302. The van der Waals surface area contributed by atoms with Crippen LogP contribution in [0.1, 0.15) is 91.9 Å². The van der Waals surface area contributed by atoms with E-state index < -0.39 is 0 Å². The Kier molecular flexibility index (Phi) is 11.7. The molecule has 10 heteroatoms. The topological polar surface area (TPSA) is 136 Å². The molecule has 236 valence electrons. The second-order valence-electron chi connectivity index (χ2n) is 11.4. The summed E-state index contributed by atoms with van der Waals surface area (Å²) in [7, 11) is 0. The van der Waals surface area contributed by atoms with Gasteiger partial charge in [-0.15, -0.1) is 22.7 Å². The van der Waals surface area contributed by atoms with Gasteiger partial charge in [-0.3, -0.25) is 9.59 Å². The highest BCUT2D eigenvalue weighted by molar-refractivity contribution is 7.08. The van der Waals surface area contributed by atoms with Crippen molar-refractivity contribution in [2.24, 2.45) is 0 Å². The summed E-state index contributed by atoms with van der Waals surface area (Å²) in [5.41, 5.74) is 1.76.